The minimum absolute atomic E-state index is 0.164. The lowest BCUT2D eigenvalue weighted by Gasteiger charge is -2.12. The molecule has 1 amide bonds. The molecule has 1 aromatic carbocycles. The third kappa shape index (κ3) is 4.06. The summed E-state index contributed by atoms with van der Waals surface area (Å²) in [6, 6.07) is 5.07. The van der Waals surface area contributed by atoms with Crippen molar-refractivity contribution in [3.8, 4) is 5.69 Å². The fourth-order valence-electron chi connectivity index (χ4n) is 3.75. The first-order valence-electron chi connectivity index (χ1n) is 9.68. The molecule has 5 nitrogen and oxygen atoms in total. The van der Waals surface area contributed by atoms with E-state index in [9.17, 15) is 18.0 Å². The Kier molecular flexibility index (Phi) is 5.14. The monoisotopic (exact) mass is 392 g/mol. The van der Waals surface area contributed by atoms with Gasteiger partial charge in [0.15, 0.2) is 0 Å². The number of nitrogens with zero attached hydrogens (tertiary/aromatic N) is 2. The van der Waals surface area contributed by atoms with E-state index in [2.05, 4.69) is 15.7 Å². The predicted octanol–water partition coefficient (Wildman–Crippen LogP) is 3.50. The standard InChI is InChI=1S/C20H23F3N4O/c21-20(22,23)15-2-1-3-16(10-15)27-18(14-4-5-14)17(12-26-27)19(28)25-9-7-13-6-8-24-11-13/h1-3,10,12-14,24H,4-9,11H2,(H,25,28). The maximum Gasteiger partial charge on any atom is 0.416 e. The van der Waals surface area contributed by atoms with Crippen molar-refractivity contribution in [2.45, 2.75) is 37.8 Å². The van der Waals surface area contributed by atoms with Crippen LogP contribution in [0.15, 0.2) is 30.5 Å². The lowest BCUT2D eigenvalue weighted by molar-refractivity contribution is -0.137. The molecule has 1 atom stereocenters. The van der Waals surface area contributed by atoms with Crippen molar-refractivity contribution >= 4 is 5.91 Å². The van der Waals surface area contributed by atoms with Crippen molar-refractivity contribution in [2.24, 2.45) is 5.92 Å². The lowest BCUT2D eigenvalue weighted by Crippen LogP contribution is -2.27. The minimum atomic E-state index is -4.42. The van der Waals surface area contributed by atoms with Gasteiger partial charge >= 0.3 is 6.18 Å². The summed E-state index contributed by atoms with van der Waals surface area (Å²) >= 11 is 0. The molecule has 1 aliphatic heterocycles. The van der Waals surface area contributed by atoms with Crippen LogP contribution in [0.1, 0.15) is 53.2 Å². The average Bonchev–Trinajstić information content (AvgIpc) is 3.18. The Bertz CT molecular complexity index is 851. The SMILES string of the molecule is O=C(NCCC1CCNC1)c1cnn(-c2cccc(C(F)(F)F)c2)c1C1CC1. The summed E-state index contributed by atoms with van der Waals surface area (Å²) in [7, 11) is 0. The van der Waals surface area contributed by atoms with Gasteiger partial charge in [0.2, 0.25) is 0 Å². The van der Waals surface area contributed by atoms with E-state index in [1.165, 1.54) is 16.9 Å². The Morgan fingerprint density at radius 2 is 2.11 bits per heavy atom. The predicted molar refractivity (Wildman–Crippen MR) is 98.5 cm³/mol. The third-order valence-electron chi connectivity index (χ3n) is 5.43. The van der Waals surface area contributed by atoms with Gasteiger partial charge in [0.25, 0.3) is 5.91 Å². The quantitative estimate of drug-likeness (QED) is 0.791. The zero-order chi connectivity index (χ0) is 19.7. The van der Waals surface area contributed by atoms with Gasteiger partial charge in [-0.1, -0.05) is 6.07 Å². The van der Waals surface area contributed by atoms with Gasteiger partial charge in [-0.25, -0.2) is 4.68 Å². The van der Waals surface area contributed by atoms with Crippen LogP contribution in [0, 0.1) is 5.92 Å². The molecule has 0 bridgehead atoms. The average molecular weight is 392 g/mol. The second kappa shape index (κ2) is 7.58. The van der Waals surface area contributed by atoms with Crippen LogP contribution in [0.2, 0.25) is 0 Å². The zero-order valence-electron chi connectivity index (χ0n) is 15.4. The highest BCUT2D eigenvalue weighted by molar-refractivity contribution is 5.95. The molecule has 4 rings (SSSR count). The number of hydrogen-bond donors (Lipinski definition) is 2. The van der Waals surface area contributed by atoms with Crippen molar-refractivity contribution in [1.82, 2.24) is 20.4 Å². The van der Waals surface area contributed by atoms with E-state index >= 15 is 0 Å². The Labute approximate surface area is 161 Å². The second-order valence-electron chi connectivity index (χ2n) is 7.58. The molecule has 28 heavy (non-hydrogen) atoms. The molecular weight excluding hydrogens is 369 g/mol. The van der Waals surface area contributed by atoms with E-state index in [4.69, 9.17) is 0 Å². The molecule has 0 spiro atoms. The normalized spacial score (nSPS) is 19.8. The van der Waals surface area contributed by atoms with E-state index in [1.54, 1.807) is 6.07 Å². The second-order valence-corrected chi connectivity index (χ2v) is 7.58. The van der Waals surface area contributed by atoms with Gasteiger partial charge in [0.1, 0.15) is 0 Å². The Balaban J connectivity index is 1.54. The van der Waals surface area contributed by atoms with E-state index in [-0.39, 0.29) is 11.8 Å². The van der Waals surface area contributed by atoms with Crippen LogP contribution in [0.5, 0.6) is 0 Å². The summed E-state index contributed by atoms with van der Waals surface area (Å²) in [6.45, 7) is 2.59. The summed E-state index contributed by atoms with van der Waals surface area (Å²) in [5, 5.41) is 10.5. The number of nitrogens with one attached hydrogen (secondary N) is 2. The number of rotatable bonds is 6. The molecule has 1 aliphatic carbocycles. The topological polar surface area (TPSA) is 59.0 Å². The van der Waals surface area contributed by atoms with Crippen LogP contribution in [-0.2, 0) is 6.18 Å². The van der Waals surface area contributed by atoms with Gasteiger partial charge < -0.3 is 10.6 Å². The highest BCUT2D eigenvalue weighted by Crippen LogP contribution is 2.42. The molecule has 2 N–H and O–H groups in total. The molecule has 1 saturated carbocycles. The number of carbonyl (C=O) groups excluding carboxylic acids is 1. The number of aromatic nitrogens is 2. The lowest BCUT2D eigenvalue weighted by atomic mass is 10.1. The number of halogens is 3. The first kappa shape index (κ1) is 19.0. The van der Waals surface area contributed by atoms with Crippen LogP contribution in [0.3, 0.4) is 0 Å². The molecule has 1 unspecified atom stereocenters. The van der Waals surface area contributed by atoms with Crippen LogP contribution in [-0.4, -0.2) is 35.3 Å². The fourth-order valence-corrected chi connectivity index (χ4v) is 3.75. The van der Waals surface area contributed by atoms with Crippen LogP contribution in [0.4, 0.5) is 13.2 Å². The molecule has 1 aromatic heterocycles. The minimum Gasteiger partial charge on any atom is -0.352 e. The van der Waals surface area contributed by atoms with Crippen molar-refractivity contribution in [1.29, 1.82) is 0 Å². The van der Waals surface area contributed by atoms with Gasteiger partial charge in [-0.2, -0.15) is 18.3 Å². The molecule has 8 heteroatoms. The Hall–Kier alpha value is -2.35. The summed E-state index contributed by atoms with van der Waals surface area (Å²) in [5.41, 5.74) is 0.773. The summed E-state index contributed by atoms with van der Waals surface area (Å²) in [6.07, 6.45) is 0.922. The number of amides is 1. The zero-order valence-corrected chi connectivity index (χ0v) is 15.4. The van der Waals surface area contributed by atoms with Crippen LogP contribution in [0.25, 0.3) is 5.69 Å². The summed E-state index contributed by atoms with van der Waals surface area (Å²) < 4.78 is 40.7. The molecule has 0 radical (unpaired) electrons. The van der Waals surface area contributed by atoms with E-state index < -0.39 is 11.7 Å². The van der Waals surface area contributed by atoms with Crippen LogP contribution >= 0.6 is 0 Å². The van der Waals surface area contributed by atoms with E-state index in [0.29, 0.717) is 29.4 Å². The first-order valence-corrected chi connectivity index (χ1v) is 9.68. The van der Waals surface area contributed by atoms with Crippen molar-refractivity contribution in [2.75, 3.05) is 19.6 Å². The van der Waals surface area contributed by atoms with E-state index in [0.717, 1.165) is 50.9 Å². The van der Waals surface area contributed by atoms with Gasteiger partial charge in [-0.05, 0) is 62.9 Å². The molecule has 1 saturated heterocycles. The molecular formula is C20H23F3N4O. The smallest absolute Gasteiger partial charge is 0.352 e. The number of benzene rings is 1. The molecule has 2 fully saturated rings. The molecule has 2 aromatic rings. The Morgan fingerprint density at radius 3 is 2.79 bits per heavy atom. The first-order chi connectivity index (χ1) is 13.4. The number of hydrogen-bond acceptors (Lipinski definition) is 3. The third-order valence-corrected chi connectivity index (χ3v) is 5.43. The molecule has 150 valence electrons. The fraction of sp³-hybridized carbons (Fsp3) is 0.500. The maximum atomic E-state index is 13.1. The van der Waals surface area contributed by atoms with Crippen molar-refractivity contribution in [3.05, 3.63) is 47.3 Å². The van der Waals surface area contributed by atoms with Crippen LogP contribution < -0.4 is 10.6 Å². The van der Waals surface area contributed by atoms with Crippen molar-refractivity contribution < 1.29 is 18.0 Å². The van der Waals surface area contributed by atoms with Gasteiger partial charge in [0, 0.05) is 12.5 Å². The van der Waals surface area contributed by atoms with Gasteiger partial charge in [-0.15, -0.1) is 0 Å². The van der Waals surface area contributed by atoms with Crippen molar-refractivity contribution in [3.63, 3.8) is 0 Å². The van der Waals surface area contributed by atoms with E-state index in [1.807, 2.05) is 0 Å². The number of alkyl halides is 3. The van der Waals surface area contributed by atoms with Gasteiger partial charge in [-0.3, -0.25) is 4.79 Å². The molecule has 2 heterocycles. The summed E-state index contributed by atoms with van der Waals surface area (Å²) in [5.74, 6) is 0.541. The van der Waals surface area contributed by atoms with Gasteiger partial charge in [0.05, 0.1) is 28.7 Å². The number of carbonyl (C=O) groups is 1. The largest absolute Gasteiger partial charge is 0.416 e. The Morgan fingerprint density at radius 1 is 1.29 bits per heavy atom. The highest BCUT2D eigenvalue weighted by atomic mass is 19.4. The molecule has 2 aliphatic rings. The highest BCUT2D eigenvalue weighted by Gasteiger charge is 2.34. The maximum absolute atomic E-state index is 13.1. The summed E-state index contributed by atoms with van der Waals surface area (Å²) in [4.78, 5) is 12.7.